The number of rotatable bonds is 4. The molecule has 94 valence electrons. The fourth-order valence-electron chi connectivity index (χ4n) is 1.87. The quantitative estimate of drug-likeness (QED) is 0.789. The minimum absolute atomic E-state index is 0.653. The molecule has 18 heavy (non-hydrogen) atoms. The summed E-state index contributed by atoms with van der Waals surface area (Å²) < 4.78 is 6.85. The number of hydrogen-bond acceptors (Lipinski definition) is 1. The van der Waals surface area contributed by atoms with Crippen LogP contribution in [0, 0.1) is 13.8 Å². The van der Waals surface area contributed by atoms with Crippen molar-refractivity contribution in [2.24, 2.45) is 0 Å². The third-order valence-electron chi connectivity index (χ3n) is 2.94. The van der Waals surface area contributed by atoms with Crippen LogP contribution in [0.3, 0.4) is 0 Å². The summed E-state index contributed by atoms with van der Waals surface area (Å²) in [5.41, 5.74) is 5.05. The lowest BCUT2D eigenvalue weighted by atomic mass is 10.1. The van der Waals surface area contributed by atoms with E-state index in [0.29, 0.717) is 13.2 Å². The highest BCUT2D eigenvalue weighted by Gasteiger charge is 1.99. The van der Waals surface area contributed by atoms with Gasteiger partial charge in [0, 0.05) is 4.47 Å². The highest BCUT2D eigenvalue weighted by atomic mass is 79.9. The zero-order valence-electron chi connectivity index (χ0n) is 10.7. The summed E-state index contributed by atoms with van der Waals surface area (Å²) in [6, 6.07) is 14.7. The fourth-order valence-corrected chi connectivity index (χ4v) is 2.13. The van der Waals surface area contributed by atoms with Crippen molar-refractivity contribution in [3.63, 3.8) is 0 Å². The molecule has 0 aliphatic heterocycles. The fraction of sp³-hybridized carbons (Fsp3) is 0.250. The number of halogens is 1. The molecular formula is C16H17BrO. The molecule has 2 aromatic rings. The molecule has 2 heteroatoms. The first-order chi connectivity index (χ1) is 8.65. The zero-order valence-corrected chi connectivity index (χ0v) is 12.3. The molecule has 0 unspecified atom stereocenters. The van der Waals surface area contributed by atoms with Crippen LogP contribution in [0.2, 0.25) is 0 Å². The topological polar surface area (TPSA) is 9.23 Å². The Labute approximate surface area is 117 Å². The Kier molecular flexibility index (Phi) is 4.56. The average molecular weight is 305 g/mol. The average Bonchev–Trinajstić information content (AvgIpc) is 2.34. The molecule has 0 bridgehead atoms. The molecule has 0 amide bonds. The van der Waals surface area contributed by atoms with Gasteiger partial charge in [-0.2, -0.15) is 0 Å². The molecule has 1 nitrogen and oxygen atoms in total. The van der Waals surface area contributed by atoms with Crippen LogP contribution in [0.4, 0.5) is 0 Å². The molecule has 0 aliphatic carbocycles. The van der Waals surface area contributed by atoms with Crippen molar-refractivity contribution < 1.29 is 4.74 Å². The van der Waals surface area contributed by atoms with Crippen LogP contribution in [-0.4, -0.2) is 0 Å². The van der Waals surface area contributed by atoms with Crippen molar-refractivity contribution in [2.75, 3.05) is 0 Å². The first-order valence-electron chi connectivity index (χ1n) is 6.03. The highest BCUT2D eigenvalue weighted by molar-refractivity contribution is 9.10. The largest absolute Gasteiger partial charge is 0.372 e. The summed E-state index contributed by atoms with van der Waals surface area (Å²) in [5, 5.41) is 0. The van der Waals surface area contributed by atoms with Gasteiger partial charge >= 0.3 is 0 Å². The van der Waals surface area contributed by atoms with E-state index in [2.05, 4.69) is 60.1 Å². The smallest absolute Gasteiger partial charge is 0.0724 e. The van der Waals surface area contributed by atoms with Gasteiger partial charge in [-0.05, 0) is 42.7 Å². The van der Waals surface area contributed by atoms with Gasteiger partial charge in [-0.15, -0.1) is 0 Å². The molecule has 2 rings (SSSR count). The first kappa shape index (κ1) is 13.3. The SMILES string of the molecule is Cc1ccc(COCc2ccc(Br)cc2)c(C)c1. The molecule has 0 aromatic heterocycles. The van der Waals surface area contributed by atoms with Crippen molar-refractivity contribution in [3.05, 3.63) is 69.2 Å². The molecule has 0 heterocycles. The van der Waals surface area contributed by atoms with Crippen molar-refractivity contribution in [2.45, 2.75) is 27.1 Å². The predicted octanol–water partition coefficient (Wildman–Crippen LogP) is 4.78. The lowest BCUT2D eigenvalue weighted by Crippen LogP contribution is -1.96. The molecule has 0 spiro atoms. The van der Waals surface area contributed by atoms with Gasteiger partial charge in [0.1, 0.15) is 0 Å². The van der Waals surface area contributed by atoms with E-state index in [1.807, 2.05) is 12.1 Å². The second kappa shape index (κ2) is 6.17. The van der Waals surface area contributed by atoms with E-state index in [4.69, 9.17) is 4.74 Å². The number of ether oxygens (including phenoxy) is 1. The molecular weight excluding hydrogens is 288 g/mol. The third-order valence-corrected chi connectivity index (χ3v) is 3.47. The lowest BCUT2D eigenvalue weighted by Gasteiger charge is -2.08. The Morgan fingerprint density at radius 3 is 2.33 bits per heavy atom. The summed E-state index contributed by atoms with van der Waals surface area (Å²) in [6.07, 6.45) is 0. The van der Waals surface area contributed by atoms with E-state index in [0.717, 1.165) is 4.47 Å². The van der Waals surface area contributed by atoms with E-state index >= 15 is 0 Å². The van der Waals surface area contributed by atoms with E-state index in [1.165, 1.54) is 22.3 Å². The Morgan fingerprint density at radius 2 is 1.67 bits per heavy atom. The number of benzene rings is 2. The van der Waals surface area contributed by atoms with Crippen molar-refractivity contribution in [3.8, 4) is 0 Å². The van der Waals surface area contributed by atoms with E-state index in [-0.39, 0.29) is 0 Å². The van der Waals surface area contributed by atoms with Gasteiger partial charge < -0.3 is 4.74 Å². The van der Waals surface area contributed by atoms with Gasteiger partial charge in [-0.1, -0.05) is 51.8 Å². The van der Waals surface area contributed by atoms with E-state index in [1.54, 1.807) is 0 Å². The van der Waals surface area contributed by atoms with Gasteiger partial charge in [-0.3, -0.25) is 0 Å². The van der Waals surface area contributed by atoms with Crippen LogP contribution in [0.5, 0.6) is 0 Å². The van der Waals surface area contributed by atoms with Gasteiger partial charge in [0.15, 0.2) is 0 Å². The van der Waals surface area contributed by atoms with Gasteiger partial charge in [0.2, 0.25) is 0 Å². The molecule has 0 N–H and O–H groups in total. The Balaban J connectivity index is 1.90. The Morgan fingerprint density at radius 1 is 0.944 bits per heavy atom. The van der Waals surface area contributed by atoms with Crippen molar-refractivity contribution in [1.29, 1.82) is 0 Å². The summed E-state index contributed by atoms with van der Waals surface area (Å²) in [6.45, 7) is 5.56. The van der Waals surface area contributed by atoms with Gasteiger partial charge in [0.05, 0.1) is 13.2 Å². The minimum Gasteiger partial charge on any atom is -0.372 e. The molecule has 0 saturated carbocycles. The molecule has 0 aliphatic rings. The van der Waals surface area contributed by atoms with Crippen LogP contribution in [0.1, 0.15) is 22.3 Å². The third kappa shape index (κ3) is 3.69. The van der Waals surface area contributed by atoms with E-state index < -0.39 is 0 Å². The minimum atomic E-state index is 0.653. The van der Waals surface area contributed by atoms with Crippen molar-refractivity contribution in [1.82, 2.24) is 0 Å². The lowest BCUT2D eigenvalue weighted by molar-refractivity contribution is 0.107. The summed E-state index contributed by atoms with van der Waals surface area (Å²) in [4.78, 5) is 0. The molecule has 0 saturated heterocycles. The van der Waals surface area contributed by atoms with Gasteiger partial charge in [-0.25, -0.2) is 0 Å². The summed E-state index contributed by atoms with van der Waals surface area (Å²) in [7, 11) is 0. The first-order valence-corrected chi connectivity index (χ1v) is 6.83. The molecule has 0 radical (unpaired) electrons. The zero-order chi connectivity index (χ0) is 13.0. The maximum absolute atomic E-state index is 5.75. The standard InChI is InChI=1S/C16H17BrO/c1-12-3-6-15(13(2)9-12)11-18-10-14-4-7-16(17)8-5-14/h3-9H,10-11H2,1-2H3. The Bertz CT molecular complexity index is 517. The Hall–Kier alpha value is -1.12. The second-order valence-electron chi connectivity index (χ2n) is 4.55. The van der Waals surface area contributed by atoms with Crippen molar-refractivity contribution >= 4 is 15.9 Å². The number of hydrogen-bond donors (Lipinski definition) is 0. The van der Waals surface area contributed by atoms with Crippen LogP contribution in [-0.2, 0) is 18.0 Å². The normalized spacial score (nSPS) is 10.6. The van der Waals surface area contributed by atoms with Crippen LogP contribution in [0.25, 0.3) is 0 Å². The summed E-state index contributed by atoms with van der Waals surface area (Å²) >= 11 is 3.43. The second-order valence-corrected chi connectivity index (χ2v) is 5.46. The van der Waals surface area contributed by atoms with Crippen LogP contribution < -0.4 is 0 Å². The number of aryl methyl sites for hydroxylation is 2. The maximum atomic E-state index is 5.75. The van der Waals surface area contributed by atoms with Crippen LogP contribution in [0.15, 0.2) is 46.9 Å². The van der Waals surface area contributed by atoms with Gasteiger partial charge in [0.25, 0.3) is 0 Å². The molecule has 0 atom stereocenters. The monoisotopic (exact) mass is 304 g/mol. The van der Waals surface area contributed by atoms with E-state index in [9.17, 15) is 0 Å². The summed E-state index contributed by atoms with van der Waals surface area (Å²) in [5.74, 6) is 0. The maximum Gasteiger partial charge on any atom is 0.0724 e. The molecule has 2 aromatic carbocycles. The van der Waals surface area contributed by atoms with Crippen LogP contribution >= 0.6 is 15.9 Å². The molecule has 0 fully saturated rings. The predicted molar refractivity (Wildman–Crippen MR) is 78.6 cm³/mol. The highest BCUT2D eigenvalue weighted by Crippen LogP contribution is 2.14.